The maximum atomic E-state index is 13.3. The summed E-state index contributed by atoms with van der Waals surface area (Å²) in [6, 6.07) is 10.2. The number of hydrogen-bond acceptors (Lipinski definition) is 2. The fourth-order valence-electron chi connectivity index (χ4n) is 1.35. The third kappa shape index (κ3) is 2.71. The number of benzene rings is 2. The maximum absolute atomic E-state index is 13.3. The first-order valence-electron chi connectivity index (χ1n) is 4.88. The van der Waals surface area contributed by atoms with Gasteiger partial charge in [0, 0.05) is 9.79 Å². The number of aldehydes is 1. The molecule has 0 spiro atoms. The van der Waals surface area contributed by atoms with Gasteiger partial charge in [0.25, 0.3) is 0 Å². The topological polar surface area (TPSA) is 17.1 Å². The summed E-state index contributed by atoms with van der Waals surface area (Å²) in [4.78, 5) is 12.0. The molecule has 17 heavy (non-hydrogen) atoms. The van der Waals surface area contributed by atoms with Crippen LogP contribution in [0.3, 0.4) is 0 Å². The zero-order valence-corrected chi connectivity index (χ0v) is 9.51. The zero-order chi connectivity index (χ0) is 12.3. The molecule has 0 aromatic heterocycles. The molecular weight excluding hydrogens is 242 g/mol. The van der Waals surface area contributed by atoms with Gasteiger partial charge >= 0.3 is 0 Å². The summed E-state index contributed by atoms with van der Waals surface area (Å²) in [5.74, 6) is -0.878. The molecule has 4 heteroatoms. The minimum absolute atomic E-state index is 0.0295. The van der Waals surface area contributed by atoms with Crippen LogP contribution < -0.4 is 0 Å². The normalized spacial score (nSPS) is 10.2. The Morgan fingerprint density at radius 2 is 1.71 bits per heavy atom. The Balaban J connectivity index is 2.33. The van der Waals surface area contributed by atoms with Crippen LogP contribution in [0.4, 0.5) is 8.78 Å². The average Bonchev–Trinajstić information content (AvgIpc) is 2.32. The molecule has 0 heterocycles. The molecule has 2 aromatic rings. The van der Waals surface area contributed by atoms with Gasteiger partial charge in [-0.3, -0.25) is 4.79 Å². The van der Waals surface area contributed by atoms with Crippen LogP contribution >= 0.6 is 11.8 Å². The molecule has 0 fully saturated rings. The lowest BCUT2D eigenvalue weighted by atomic mass is 10.2. The van der Waals surface area contributed by atoms with Gasteiger partial charge in [-0.1, -0.05) is 17.8 Å². The van der Waals surface area contributed by atoms with Crippen molar-refractivity contribution in [3.63, 3.8) is 0 Å². The second kappa shape index (κ2) is 5.10. The highest BCUT2D eigenvalue weighted by Crippen LogP contribution is 2.30. The van der Waals surface area contributed by atoms with Gasteiger partial charge < -0.3 is 0 Å². The standard InChI is InChI=1S/C13H8F2OS/c14-9-4-6-10(7-5-9)17-13-3-1-2-12(15)11(13)8-16/h1-8H. The van der Waals surface area contributed by atoms with Crippen molar-refractivity contribution in [1.29, 1.82) is 0 Å². The lowest BCUT2D eigenvalue weighted by Gasteiger charge is -2.05. The van der Waals surface area contributed by atoms with Crippen LogP contribution in [0.1, 0.15) is 10.4 Å². The average molecular weight is 250 g/mol. The van der Waals surface area contributed by atoms with Crippen molar-refractivity contribution in [2.24, 2.45) is 0 Å². The van der Waals surface area contributed by atoms with Crippen LogP contribution in [0.25, 0.3) is 0 Å². The first kappa shape index (κ1) is 11.8. The quantitative estimate of drug-likeness (QED) is 0.768. The number of carbonyl (C=O) groups is 1. The van der Waals surface area contributed by atoms with Gasteiger partial charge in [0.1, 0.15) is 11.6 Å². The van der Waals surface area contributed by atoms with Gasteiger partial charge in [-0.15, -0.1) is 0 Å². The monoisotopic (exact) mass is 250 g/mol. The van der Waals surface area contributed by atoms with E-state index in [2.05, 4.69) is 0 Å². The second-order valence-corrected chi connectivity index (χ2v) is 4.44. The van der Waals surface area contributed by atoms with Crippen molar-refractivity contribution >= 4 is 18.0 Å². The Labute approximate surface area is 101 Å². The summed E-state index contributed by atoms with van der Waals surface area (Å²) < 4.78 is 26.0. The van der Waals surface area contributed by atoms with Crippen LogP contribution in [-0.2, 0) is 0 Å². The molecule has 0 atom stereocenters. The van der Waals surface area contributed by atoms with E-state index in [1.165, 1.54) is 36.0 Å². The maximum Gasteiger partial charge on any atom is 0.154 e. The third-order valence-electron chi connectivity index (χ3n) is 2.17. The second-order valence-electron chi connectivity index (χ2n) is 3.33. The van der Waals surface area contributed by atoms with Crippen LogP contribution in [0.5, 0.6) is 0 Å². The first-order valence-corrected chi connectivity index (χ1v) is 5.69. The molecule has 0 aliphatic rings. The zero-order valence-electron chi connectivity index (χ0n) is 8.69. The molecule has 0 radical (unpaired) electrons. The van der Waals surface area contributed by atoms with Gasteiger partial charge in [0.2, 0.25) is 0 Å². The lowest BCUT2D eigenvalue weighted by molar-refractivity contribution is 0.111. The van der Waals surface area contributed by atoms with Gasteiger partial charge in [-0.2, -0.15) is 0 Å². The Kier molecular flexibility index (Phi) is 3.54. The lowest BCUT2D eigenvalue weighted by Crippen LogP contribution is -1.90. The van der Waals surface area contributed by atoms with Crippen molar-refractivity contribution in [1.82, 2.24) is 0 Å². The summed E-state index contributed by atoms with van der Waals surface area (Å²) in [6.07, 6.45) is 0.487. The van der Waals surface area contributed by atoms with E-state index in [-0.39, 0.29) is 11.4 Å². The largest absolute Gasteiger partial charge is 0.298 e. The smallest absolute Gasteiger partial charge is 0.154 e. The SMILES string of the molecule is O=Cc1c(F)cccc1Sc1ccc(F)cc1. The summed E-state index contributed by atoms with van der Waals surface area (Å²) in [5.41, 5.74) is 0.0295. The third-order valence-corrected chi connectivity index (χ3v) is 3.26. The summed E-state index contributed by atoms with van der Waals surface area (Å²) >= 11 is 1.22. The van der Waals surface area contributed by atoms with Gasteiger partial charge in [-0.25, -0.2) is 8.78 Å². The van der Waals surface area contributed by atoms with Crippen molar-refractivity contribution in [3.05, 3.63) is 59.7 Å². The number of rotatable bonds is 3. The van der Waals surface area contributed by atoms with Crippen molar-refractivity contribution in [2.45, 2.75) is 9.79 Å². The summed E-state index contributed by atoms with van der Waals surface area (Å²) in [5, 5.41) is 0. The molecule has 0 N–H and O–H groups in total. The molecule has 0 aliphatic heterocycles. The molecule has 0 amide bonds. The summed E-state index contributed by atoms with van der Waals surface area (Å²) in [6.45, 7) is 0. The van der Waals surface area contributed by atoms with Gasteiger partial charge in [-0.05, 0) is 36.4 Å². The molecule has 1 nitrogen and oxygen atoms in total. The van der Waals surface area contributed by atoms with Crippen LogP contribution in [-0.4, -0.2) is 6.29 Å². The molecule has 0 bridgehead atoms. The van der Waals surface area contributed by atoms with Gasteiger partial charge in [0.05, 0.1) is 5.56 Å². The van der Waals surface area contributed by atoms with Crippen molar-refractivity contribution in [2.75, 3.05) is 0 Å². The Hall–Kier alpha value is -1.68. The number of carbonyl (C=O) groups excluding carboxylic acids is 1. The highest BCUT2D eigenvalue weighted by molar-refractivity contribution is 7.99. The molecule has 2 rings (SSSR count). The first-order chi connectivity index (χ1) is 8.20. The van der Waals surface area contributed by atoms with Crippen LogP contribution in [0.2, 0.25) is 0 Å². The molecule has 0 aliphatic carbocycles. The predicted octanol–water partition coefficient (Wildman–Crippen LogP) is 3.93. The number of halogens is 2. The van der Waals surface area contributed by atoms with E-state index in [0.29, 0.717) is 11.2 Å². The summed E-state index contributed by atoms with van der Waals surface area (Å²) in [7, 11) is 0. The molecule has 0 unspecified atom stereocenters. The molecular formula is C13H8F2OS. The van der Waals surface area contributed by atoms with E-state index >= 15 is 0 Å². The fraction of sp³-hybridized carbons (Fsp3) is 0. The van der Waals surface area contributed by atoms with Crippen molar-refractivity contribution in [3.8, 4) is 0 Å². The highest BCUT2D eigenvalue weighted by atomic mass is 32.2. The molecule has 86 valence electrons. The molecule has 0 saturated carbocycles. The Morgan fingerprint density at radius 3 is 2.35 bits per heavy atom. The highest BCUT2D eigenvalue weighted by Gasteiger charge is 2.08. The van der Waals surface area contributed by atoms with E-state index in [1.54, 1.807) is 18.2 Å². The minimum Gasteiger partial charge on any atom is -0.298 e. The Morgan fingerprint density at radius 1 is 1.00 bits per heavy atom. The minimum atomic E-state index is -0.549. The Bertz CT molecular complexity index is 538. The number of hydrogen-bond donors (Lipinski definition) is 0. The van der Waals surface area contributed by atoms with Crippen LogP contribution in [0.15, 0.2) is 52.3 Å². The van der Waals surface area contributed by atoms with E-state index in [0.717, 1.165) is 4.90 Å². The van der Waals surface area contributed by atoms with Gasteiger partial charge in [0.15, 0.2) is 6.29 Å². The van der Waals surface area contributed by atoms with E-state index < -0.39 is 5.82 Å². The van der Waals surface area contributed by atoms with Crippen molar-refractivity contribution < 1.29 is 13.6 Å². The predicted molar refractivity (Wildman–Crippen MR) is 62.3 cm³/mol. The molecule has 2 aromatic carbocycles. The van der Waals surface area contributed by atoms with E-state index in [9.17, 15) is 13.6 Å². The van der Waals surface area contributed by atoms with Crippen LogP contribution in [0, 0.1) is 11.6 Å². The fourth-order valence-corrected chi connectivity index (χ4v) is 2.28. The van der Waals surface area contributed by atoms with E-state index in [1.807, 2.05) is 0 Å². The van der Waals surface area contributed by atoms with E-state index in [4.69, 9.17) is 0 Å². The molecule has 0 saturated heterocycles.